The minimum Gasteiger partial charge on any atom is -0.399 e. The van der Waals surface area contributed by atoms with Crippen molar-refractivity contribution in [1.29, 1.82) is 0 Å². The summed E-state index contributed by atoms with van der Waals surface area (Å²) in [6.07, 6.45) is 8.17. The van der Waals surface area contributed by atoms with Crippen LogP contribution in [0.2, 0.25) is 0 Å². The zero-order chi connectivity index (χ0) is 33.0. The number of hydrogen-bond acceptors (Lipinski definition) is 6. The first-order chi connectivity index (χ1) is 23.3. The van der Waals surface area contributed by atoms with E-state index in [2.05, 4.69) is 21.7 Å². The summed E-state index contributed by atoms with van der Waals surface area (Å²) in [7, 11) is 0. The Labute approximate surface area is 280 Å². The van der Waals surface area contributed by atoms with Crippen molar-refractivity contribution in [2.75, 3.05) is 43.4 Å². The monoisotopic (exact) mass is 654 g/mol. The van der Waals surface area contributed by atoms with E-state index in [0.717, 1.165) is 88.0 Å². The first-order valence-corrected chi connectivity index (χ1v) is 17.8. The Kier molecular flexibility index (Phi) is 8.22. The molecule has 3 aromatic carbocycles. The van der Waals surface area contributed by atoms with Gasteiger partial charge in [-0.15, -0.1) is 0 Å². The zero-order valence-corrected chi connectivity index (χ0v) is 27.6. The van der Waals surface area contributed by atoms with E-state index in [0.29, 0.717) is 77.1 Å². The molecule has 252 valence electrons. The van der Waals surface area contributed by atoms with Crippen LogP contribution >= 0.6 is 0 Å². The SMILES string of the molecule is C=C1CCCc2c(F)ccc3cc(N)cc(c23)-c2ccc3c(nc(CC[C@@]45CCCN4CC(F)C5)nc3c2F)N2CCCC(CCN1)C2. The molecule has 0 aliphatic carbocycles. The molecule has 2 unspecified atom stereocenters. The van der Waals surface area contributed by atoms with E-state index in [1.165, 1.54) is 6.07 Å². The smallest absolute Gasteiger partial charge is 0.157 e. The second kappa shape index (κ2) is 12.6. The van der Waals surface area contributed by atoms with Crippen molar-refractivity contribution in [3.63, 3.8) is 0 Å². The van der Waals surface area contributed by atoms with Crippen LogP contribution in [-0.4, -0.2) is 59.3 Å². The number of nitrogens with two attached hydrogens (primary N) is 1. The highest BCUT2D eigenvalue weighted by atomic mass is 19.1. The average molecular weight is 655 g/mol. The van der Waals surface area contributed by atoms with E-state index < -0.39 is 12.0 Å². The first-order valence-electron chi connectivity index (χ1n) is 17.8. The lowest BCUT2D eigenvalue weighted by molar-refractivity contribution is 0.181. The lowest BCUT2D eigenvalue weighted by Gasteiger charge is -2.35. The quantitative estimate of drug-likeness (QED) is 0.219. The van der Waals surface area contributed by atoms with Gasteiger partial charge in [-0.3, -0.25) is 4.90 Å². The van der Waals surface area contributed by atoms with Crippen molar-refractivity contribution in [3.05, 3.63) is 71.7 Å². The van der Waals surface area contributed by atoms with Gasteiger partial charge in [0.15, 0.2) is 5.82 Å². The predicted octanol–water partition coefficient (Wildman–Crippen LogP) is 7.87. The largest absolute Gasteiger partial charge is 0.399 e. The molecule has 3 saturated heterocycles. The molecule has 5 aliphatic heterocycles. The van der Waals surface area contributed by atoms with Crippen LogP contribution < -0.4 is 16.0 Å². The maximum Gasteiger partial charge on any atom is 0.157 e. The number of rotatable bonds is 3. The number of anilines is 2. The molecule has 6 bridgehead atoms. The van der Waals surface area contributed by atoms with Crippen LogP contribution in [0.3, 0.4) is 0 Å². The number of alkyl halides is 1. The first kappa shape index (κ1) is 31.4. The van der Waals surface area contributed by atoms with Gasteiger partial charge in [0, 0.05) is 60.5 Å². The molecule has 3 atom stereocenters. The number of piperidine rings is 1. The Balaban J connectivity index is 1.29. The van der Waals surface area contributed by atoms with Crippen molar-refractivity contribution < 1.29 is 13.2 Å². The molecular formula is C39H45F3N6. The average Bonchev–Trinajstić information content (AvgIpc) is 3.60. The maximum atomic E-state index is 17.2. The summed E-state index contributed by atoms with van der Waals surface area (Å²) in [6, 6.07) is 10.5. The number of fused-ring (bicyclic) bond motifs is 8. The fourth-order valence-corrected chi connectivity index (χ4v) is 9.22. The summed E-state index contributed by atoms with van der Waals surface area (Å²) in [4.78, 5) is 14.7. The lowest BCUT2D eigenvalue weighted by Crippen LogP contribution is -2.39. The Morgan fingerprint density at radius 3 is 2.77 bits per heavy atom. The van der Waals surface area contributed by atoms with Crippen LogP contribution in [0.25, 0.3) is 32.8 Å². The fraction of sp³-hybridized carbons (Fsp3) is 0.487. The third kappa shape index (κ3) is 5.67. The van der Waals surface area contributed by atoms with Gasteiger partial charge in [-0.05, 0) is 123 Å². The van der Waals surface area contributed by atoms with Gasteiger partial charge in [-0.25, -0.2) is 23.1 Å². The van der Waals surface area contributed by atoms with Gasteiger partial charge in [0.25, 0.3) is 0 Å². The summed E-state index contributed by atoms with van der Waals surface area (Å²) in [5, 5.41) is 5.66. The van der Waals surface area contributed by atoms with Gasteiger partial charge < -0.3 is 16.0 Å². The van der Waals surface area contributed by atoms with Gasteiger partial charge >= 0.3 is 0 Å². The third-order valence-electron chi connectivity index (χ3n) is 11.5. The van der Waals surface area contributed by atoms with Gasteiger partial charge in [-0.2, -0.15) is 0 Å². The van der Waals surface area contributed by atoms with Crippen molar-refractivity contribution in [2.24, 2.45) is 5.92 Å². The minimum absolute atomic E-state index is 0.169. The third-order valence-corrected chi connectivity index (χ3v) is 11.5. The Morgan fingerprint density at radius 2 is 1.88 bits per heavy atom. The molecular weight excluding hydrogens is 609 g/mol. The summed E-state index contributed by atoms with van der Waals surface area (Å²) in [6.45, 7) is 8.18. The fourth-order valence-electron chi connectivity index (χ4n) is 9.22. The highest BCUT2D eigenvalue weighted by Crippen LogP contribution is 2.44. The van der Waals surface area contributed by atoms with E-state index in [1.54, 1.807) is 18.2 Å². The molecule has 6 nitrogen and oxygen atoms in total. The molecule has 6 heterocycles. The number of halogens is 3. The van der Waals surface area contributed by atoms with E-state index in [1.807, 2.05) is 12.1 Å². The molecule has 5 aliphatic rings. The van der Waals surface area contributed by atoms with Crippen molar-refractivity contribution >= 4 is 33.2 Å². The van der Waals surface area contributed by atoms with Crippen LogP contribution in [0.1, 0.15) is 69.2 Å². The molecule has 1 aromatic heterocycles. The van der Waals surface area contributed by atoms with E-state index in [4.69, 9.17) is 15.7 Å². The molecule has 9 heteroatoms. The molecule has 0 saturated carbocycles. The van der Waals surface area contributed by atoms with E-state index >= 15 is 8.78 Å². The summed E-state index contributed by atoms with van der Waals surface area (Å²) < 4.78 is 47.4. The summed E-state index contributed by atoms with van der Waals surface area (Å²) in [5.74, 6) is 1.07. The summed E-state index contributed by atoms with van der Waals surface area (Å²) in [5.41, 5.74) is 9.41. The topological polar surface area (TPSA) is 70.3 Å². The Morgan fingerprint density at radius 1 is 0.979 bits per heavy atom. The second-order valence-corrected chi connectivity index (χ2v) is 14.7. The molecule has 3 N–H and O–H groups in total. The van der Waals surface area contributed by atoms with E-state index in [9.17, 15) is 4.39 Å². The number of nitrogens with one attached hydrogen (secondary N) is 1. The van der Waals surface area contributed by atoms with Crippen LogP contribution in [0.5, 0.6) is 0 Å². The van der Waals surface area contributed by atoms with Gasteiger partial charge in [0.05, 0.1) is 0 Å². The molecule has 0 radical (unpaired) electrons. The van der Waals surface area contributed by atoms with Crippen LogP contribution in [0.4, 0.5) is 24.7 Å². The summed E-state index contributed by atoms with van der Waals surface area (Å²) >= 11 is 0. The maximum absolute atomic E-state index is 17.2. The second-order valence-electron chi connectivity index (χ2n) is 14.7. The number of aryl methyl sites for hydroxylation is 2. The molecule has 9 rings (SSSR count). The highest BCUT2D eigenvalue weighted by Gasteiger charge is 2.48. The molecule has 48 heavy (non-hydrogen) atoms. The molecule has 0 amide bonds. The van der Waals surface area contributed by atoms with E-state index in [-0.39, 0.29) is 16.9 Å². The minimum atomic E-state index is -0.807. The number of nitrogens with zero attached hydrogens (tertiary/aromatic N) is 4. The number of allylic oxidation sites excluding steroid dienone is 1. The van der Waals surface area contributed by atoms with Gasteiger partial charge in [0.1, 0.15) is 29.1 Å². The standard InChI is InChI=1S/C39H45F3N6/c1-24-5-2-7-30-33(41)11-8-26-19-28(43)20-32(35(26)30)29-9-10-31-37(36(29)42)45-34(12-15-39-14-4-18-48(39)23-27(40)21-39)46-38(31)47-17-3-6-25(22-47)13-16-44-24/h8-11,19-20,25,27,44H,1-7,12-18,21-23,43H2/t25?,27?,39-/m1/s1. The van der Waals surface area contributed by atoms with Crippen molar-refractivity contribution in [3.8, 4) is 11.1 Å². The number of aromatic nitrogens is 2. The van der Waals surface area contributed by atoms with Crippen LogP contribution in [0, 0.1) is 17.6 Å². The van der Waals surface area contributed by atoms with Gasteiger partial charge in [-0.1, -0.05) is 18.7 Å². The van der Waals surface area contributed by atoms with Crippen molar-refractivity contribution in [1.82, 2.24) is 20.2 Å². The number of nitrogen functional groups attached to an aromatic ring is 1. The Hall–Kier alpha value is -3.85. The normalized spacial score (nSPS) is 25.1. The molecule has 0 spiro atoms. The Bertz CT molecular complexity index is 1890. The lowest BCUT2D eigenvalue weighted by atomic mass is 9.88. The van der Waals surface area contributed by atoms with Crippen LogP contribution in [-0.2, 0) is 12.8 Å². The number of hydrogen-bond donors (Lipinski definition) is 2. The molecule has 4 aromatic rings. The molecule has 3 fully saturated rings. The van der Waals surface area contributed by atoms with Crippen molar-refractivity contribution in [2.45, 2.75) is 82.3 Å². The number of benzene rings is 3. The zero-order valence-electron chi connectivity index (χ0n) is 27.6. The highest BCUT2D eigenvalue weighted by molar-refractivity contribution is 6.03. The van der Waals surface area contributed by atoms with Gasteiger partial charge in [0.2, 0.25) is 0 Å². The van der Waals surface area contributed by atoms with Crippen LogP contribution in [0.15, 0.2) is 48.7 Å². The predicted molar refractivity (Wildman–Crippen MR) is 188 cm³/mol.